The largest absolute Gasteiger partial charge is 0.493 e. The SMILES string of the molecule is O=CC1=NC(O)=CC(=O)C1O. The second kappa shape index (κ2) is 2.63. The Morgan fingerprint density at radius 2 is 2.27 bits per heavy atom. The molecule has 0 aromatic heterocycles. The fourth-order valence-corrected chi connectivity index (χ4v) is 0.668. The van der Waals surface area contributed by atoms with E-state index in [1.54, 1.807) is 0 Å². The van der Waals surface area contributed by atoms with Gasteiger partial charge in [0.2, 0.25) is 5.88 Å². The highest BCUT2D eigenvalue weighted by Crippen LogP contribution is 2.04. The van der Waals surface area contributed by atoms with Gasteiger partial charge in [0.15, 0.2) is 18.2 Å². The van der Waals surface area contributed by atoms with Crippen LogP contribution in [0.1, 0.15) is 0 Å². The normalized spacial score (nSPS) is 24.1. The summed E-state index contributed by atoms with van der Waals surface area (Å²) in [5.74, 6) is -1.29. The van der Waals surface area contributed by atoms with Crippen molar-refractivity contribution in [1.29, 1.82) is 0 Å². The monoisotopic (exact) mass is 155 g/mol. The van der Waals surface area contributed by atoms with Gasteiger partial charge in [-0.25, -0.2) is 4.99 Å². The lowest BCUT2D eigenvalue weighted by Gasteiger charge is -2.08. The number of ketones is 1. The molecule has 1 aliphatic heterocycles. The van der Waals surface area contributed by atoms with Crippen LogP contribution in [0.25, 0.3) is 0 Å². The van der Waals surface area contributed by atoms with E-state index in [-0.39, 0.29) is 12.0 Å². The molecule has 1 rings (SSSR count). The minimum Gasteiger partial charge on any atom is -0.493 e. The van der Waals surface area contributed by atoms with Crippen molar-refractivity contribution in [3.63, 3.8) is 0 Å². The van der Waals surface area contributed by atoms with Gasteiger partial charge in [-0.1, -0.05) is 0 Å². The standard InChI is InChI=1S/C6H5NO4/c8-2-3-6(11)4(9)1-5(10)7-3/h1-2,6,10-11H. The van der Waals surface area contributed by atoms with Gasteiger partial charge < -0.3 is 10.2 Å². The number of hydrogen-bond donors (Lipinski definition) is 2. The first-order chi connectivity index (χ1) is 5.15. The van der Waals surface area contributed by atoms with E-state index >= 15 is 0 Å². The Morgan fingerprint density at radius 1 is 1.64 bits per heavy atom. The van der Waals surface area contributed by atoms with Gasteiger partial charge in [0.25, 0.3) is 0 Å². The number of aldehydes is 1. The Morgan fingerprint density at radius 3 is 2.82 bits per heavy atom. The summed E-state index contributed by atoms with van der Waals surface area (Å²) in [6.45, 7) is 0. The smallest absolute Gasteiger partial charge is 0.214 e. The van der Waals surface area contributed by atoms with Gasteiger partial charge in [-0.05, 0) is 0 Å². The molecule has 2 N–H and O–H groups in total. The van der Waals surface area contributed by atoms with Crippen LogP contribution in [-0.4, -0.2) is 34.1 Å². The highest BCUT2D eigenvalue weighted by molar-refractivity contribution is 6.37. The van der Waals surface area contributed by atoms with Crippen LogP contribution in [0.3, 0.4) is 0 Å². The zero-order valence-corrected chi connectivity index (χ0v) is 5.39. The number of rotatable bonds is 1. The predicted octanol–water partition coefficient (Wildman–Crippen LogP) is -1.03. The molecular weight excluding hydrogens is 150 g/mol. The lowest BCUT2D eigenvalue weighted by Crippen LogP contribution is -2.32. The van der Waals surface area contributed by atoms with Crippen molar-refractivity contribution >= 4 is 17.8 Å². The Balaban J connectivity index is 3.02. The fourth-order valence-electron chi connectivity index (χ4n) is 0.668. The van der Waals surface area contributed by atoms with Crippen LogP contribution < -0.4 is 0 Å². The average molecular weight is 155 g/mol. The van der Waals surface area contributed by atoms with E-state index in [0.29, 0.717) is 0 Å². The van der Waals surface area contributed by atoms with Gasteiger partial charge in [0.1, 0.15) is 5.71 Å². The molecule has 5 heteroatoms. The summed E-state index contributed by atoms with van der Waals surface area (Å²) < 4.78 is 0. The van der Waals surface area contributed by atoms with Crippen molar-refractivity contribution in [2.75, 3.05) is 0 Å². The molecule has 0 spiro atoms. The molecule has 0 aromatic carbocycles. The molecule has 0 amide bonds. The summed E-state index contributed by atoms with van der Waals surface area (Å²) >= 11 is 0. The zero-order chi connectivity index (χ0) is 8.43. The summed E-state index contributed by atoms with van der Waals surface area (Å²) in [5, 5.41) is 17.6. The van der Waals surface area contributed by atoms with Gasteiger partial charge in [-0.2, -0.15) is 0 Å². The molecule has 0 fully saturated rings. The average Bonchev–Trinajstić information content (AvgIpc) is 1.96. The minimum atomic E-state index is -1.52. The number of aliphatic hydroxyl groups is 2. The van der Waals surface area contributed by atoms with Gasteiger partial charge in [0, 0.05) is 6.08 Å². The van der Waals surface area contributed by atoms with E-state index in [1.807, 2.05) is 0 Å². The predicted molar refractivity (Wildman–Crippen MR) is 35.2 cm³/mol. The number of nitrogens with zero attached hydrogens (tertiary/aromatic N) is 1. The number of hydrogen-bond acceptors (Lipinski definition) is 5. The molecule has 0 bridgehead atoms. The maximum Gasteiger partial charge on any atom is 0.214 e. The molecule has 0 radical (unpaired) electrons. The zero-order valence-electron chi connectivity index (χ0n) is 5.39. The summed E-state index contributed by atoms with van der Waals surface area (Å²) in [5.41, 5.74) is -0.366. The Hall–Kier alpha value is -1.49. The first-order valence-corrected chi connectivity index (χ1v) is 2.81. The number of aliphatic hydroxyl groups excluding tert-OH is 2. The molecule has 1 atom stereocenters. The van der Waals surface area contributed by atoms with Crippen LogP contribution in [0.4, 0.5) is 0 Å². The van der Waals surface area contributed by atoms with E-state index < -0.39 is 17.8 Å². The van der Waals surface area contributed by atoms with E-state index in [2.05, 4.69) is 4.99 Å². The quantitative estimate of drug-likeness (QED) is 0.474. The van der Waals surface area contributed by atoms with Gasteiger partial charge in [-0.15, -0.1) is 0 Å². The van der Waals surface area contributed by atoms with Crippen LogP contribution in [0.2, 0.25) is 0 Å². The van der Waals surface area contributed by atoms with E-state index in [4.69, 9.17) is 10.2 Å². The number of carbonyl (C=O) groups excluding carboxylic acids is 2. The van der Waals surface area contributed by atoms with Crippen LogP contribution in [0.5, 0.6) is 0 Å². The maximum absolute atomic E-state index is 10.6. The first-order valence-electron chi connectivity index (χ1n) is 2.81. The summed E-state index contributed by atoms with van der Waals surface area (Å²) in [7, 11) is 0. The Labute approximate surface area is 61.7 Å². The molecular formula is C6H5NO4. The molecule has 5 nitrogen and oxygen atoms in total. The number of aliphatic imine (C=N–C) groups is 1. The maximum atomic E-state index is 10.6. The molecule has 11 heavy (non-hydrogen) atoms. The molecule has 1 aliphatic rings. The third-order valence-corrected chi connectivity index (χ3v) is 1.19. The van der Waals surface area contributed by atoms with Crippen molar-refractivity contribution < 1.29 is 19.8 Å². The molecule has 0 aromatic rings. The van der Waals surface area contributed by atoms with Crippen molar-refractivity contribution in [2.45, 2.75) is 6.10 Å². The van der Waals surface area contributed by atoms with E-state index in [0.717, 1.165) is 6.08 Å². The second-order valence-electron chi connectivity index (χ2n) is 1.96. The van der Waals surface area contributed by atoms with Crippen LogP contribution in [0, 0.1) is 0 Å². The summed E-state index contributed by atoms with van der Waals surface area (Å²) in [4.78, 5) is 24.0. The molecule has 0 saturated carbocycles. The van der Waals surface area contributed by atoms with E-state index in [1.165, 1.54) is 0 Å². The molecule has 1 heterocycles. The molecule has 0 saturated heterocycles. The first kappa shape index (κ1) is 7.62. The van der Waals surface area contributed by atoms with Gasteiger partial charge in [0.05, 0.1) is 0 Å². The molecule has 58 valence electrons. The summed E-state index contributed by atoms with van der Waals surface area (Å²) in [6.07, 6.45) is -0.535. The Kier molecular flexibility index (Phi) is 1.82. The van der Waals surface area contributed by atoms with Crippen LogP contribution >= 0.6 is 0 Å². The van der Waals surface area contributed by atoms with Crippen molar-refractivity contribution in [3.8, 4) is 0 Å². The molecule has 0 aliphatic carbocycles. The van der Waals surface area contributed by atoms with Crippen LogP contribution in [-0.2, 0) is 9.59 Å². The topological polar surface area (TPSA) is 87.0 Å². The fraction of sp³-hybridized carbons (Fsp3) is 0.167. The van der Waals surface area contributed by atoms with Crippen molar-refractivity contribution in [1.82, 2.24) is 0 Å². The lowest BCUT2D eigenvalue weighted by molar-refractivity contribution is -0.120. The van der Waals surface area contributed by atoms with Gasteiger partial charge in [-0.3, -0.25) is 9.59 Å². The van der Waals surface area contributed by atoms with Gasteiger partial charge >= 0.3 is 0 Å². The highest BCUT2D eigenvalue weighted by atomic mass is 16.3. The minimum absolute atomic E-state index is 0.228. The molecule has 1 unspecified atom stereocenters. The number of carbonyl (C=O) groups is 2. The third-order valence-electron chi connectivity index (χ3n) is 1.19. The lowest BCUT2D eigenvalue weighted by atomic mass is 10.1. The van der Waals surface area contributed by atoms with Crippen molar-refractivity contribution in [3.05, 3.63) is 12.0 Å². The second-order valence-corrected chi connectivity index (χ2v) is 1.96. The highest BCUT2D eigenvalue weighted by Gasteiger charge is 2.24. The van der Waals surface area contributed by atoms with Crippen molar-refractivity contribution in [2.24, 2.45) is 4.99 Å². The summed E-state index contributed by atoms with van der Waals surface area (Å²) in [6, 6.07) is 0. The van der Waals surface area contributed by atoms with Crippen LogP contribution in [0.15, 0.2) is 17.0 Å². The Bertz CT molecular complexity index is 266. The van der Waals surface area contributed by atoms with E-state index in [9.17, 15) is 9.59 Å². The third kappa shape index (κ3) is 1.32.